The van der Waals surface area contributed by atoms with E-state index >= 15 is 0 Å². The lowest BCUT2D eigenvalue weighted by Gasteiger charge is -2.22. The standard InChI is InChI=1S/C12H18N2/c1-12(2,3)11-7-6-9-10(14-11)5-4-8-13-9/h6-7,13H,4-5,8H2,1-3H3. The van der Waals surface area contributed by atoms with Gasteiger partial charge in [0.05, 0.1) is 11.4 Å². The molecule has 76 valence electrons. The Morgan fingerprint density at radius 1 is 1.29 bits per heavy atom. The predicted molar refractivity (Wildman–Crippen MR) is 59.7 cm³/mol. The van der Waals surface area contributed by atoms with Gasteiger partial charge in [-0.15, -0.1) is 0 Å². The second-order valence-corrected chi connectivity index (χ2v) is 4.97. The third-order valence-electron chi connectivity index (χ3n) is 2.65. The maximum Gasteiger partial charge on any atom is 0.0638 e. The van der Waals surface area contributed by atoms with Gasteiger partial charge in [-0.25, -0.2) is 0 Å². The molecule has 0 saturated carbocycles. The molecule has 1 aliphatic heterocycles. The van der Waals surface area contributed by atoms with Crippen LogP contribution in [0.1, 0.15) is 38.6 Å². The molecule has 2 heterocycles. The molecule has 0 aliphatic carbocycles. The number of nitrogens with zero attached hydrogens (tertiary/aromatic N) is 1. The molecule has 0 saturated heterocycles. The smallest absolute Gasteiger partial charge is 0.0638 e. The Labute approximate surface area is 85.7 Å². The Hall–Kier alpha value is -1.05. The third-order valence-corrected chi connectivity index (χ3v) is 2.65. The maximum absolute atomic E-state index is 4.72. The Morgan fingerprint density at radius 3 is 2.79 bits per heavy atom. The van der Waals surface area contributed by atoms with Crippen LogP contribution in [0, 0.1) is 0 Å². The van der Waals surface area contributed by atoms with Crippen molar-refractivity contribution in [3.63, 3.8) is 0 Å². The average molecular weight is 190 g/mol. The first-order chi connectivity index (χ1) is 6.57. The molecule has 0 atom stereocenters. The van der Waals surface area contributed by atoms with Crippen molar-refractivity contribution in [1.82, 2.24) is 4.98 Å². The molecule has 0 spiro atoms. The number of hydrogen-bond donors (Lipinski definition) is 1. The first kappa shape index (κ1) is 9.50. The number of anilines is 1. The average Bonchev–Trinajstić information content (AvgIpc) is 2.16. The van der Waals surface area contributed by atoms with Crippen LogP contribution in [-0.4, -0.2) is 11.5 Å². The molecule has 0 amide bonds. The molecule has 2 nitrogen and oxygen atoms in total. The summed E-state index contributed by atoms with van der Waals surface area (Å²) >= 11 is 0. The molecule has 14 heavy (non-hydrogen) atoms. The van der Waals surface area contributed by atoms with Gasteiger partial charge < -0.3 is 5.32 Å². The molecule has 1 aliphatic rings. The second kappa shape index (κ2) is 3.26. The van der Waals surface area contributed by atoms with Crippen LogP contribution in [0.15, 0.2) is 12.1 Å². The Kier molecular flexibility index (Phi) is 2.22. The van der Waals surface area contributed by atoms with E-state index in [9.17, 15) is 0 Å². The van der Waals surface area contributed by atoms with E-state index in [1.807, 2.05) is 0 Å². The van der Waals surface area contributed by atoms with Crippen molar-refractivity contribution < 1.29 is 0 Å². The summed E-state index contributed by atoms with van der Waals surface area (Å²) < 4.78 is 0. The Balaban J connectivity index is 2.39. The fourth-order valence-corrected chi connectivity index (χ4v) is 1.75. The molecule has 0 radical (unpaired) electrons. The fraction of sp³-hybridized carbons (Fsp3) is 0.583. The molecule has 1 aromatic rings. The number of fused-ring (bicyclic) bond motifs is 1. The number of aromatic nitrogens is 1. The number of pyridine rings is 1. The number of nitrogens with one attached hydrogen (secondary N) is 1. The van der Waals surface area contributed by atoms with Gasteiger partial charge in [-0.1, -0.05) is 20.8 Å². The van der Waals surface area contributed by atoms with Crippen LogP contribution in [0.5, 0.6) is 0 Å². The lowest BCUT2D eigenvalue weighted by atomic mass is 9.91. The highest BCUT2D eigenvalue weighted by Gasteiger charge is 2.18. The summed E-state index contributed by atoms with van der Waals surface area (Å²) in [5, 5.41) is 3.38. The lowest BCUT2D eigenvalue weighted by Crippen LogP contribution is -2.18. The van der Waals surface area contributed by atoms with Crippen molar-refractivity contribution in [1.29, 1.82) is 0 Å². The quantitative estimate of drug-likeness (QED) is 0.680. The predicted octanol–water partition coefficient (Wildman–Crippen LogP) is 2.74. The number of aryl methyl sites for hydroxylation is 1. The summed E-state index contributed by atoms with van der Waals surface area (Å²) in [4.78, 5) is 4.72. The van der Waals surface area contributed by atoms with E-state index in [-0.39, 0.29) is 5.41 Å². The van der Waals surface area contributed by atoms with Crippen LogP contribution in [0.2, 0.25) is 0 Å². The minimum absolute atomic E-state index is 0.159. The van der Waals surface area contributed by atoms with E-state index < -0.39 is 0 Å². The highest BCUT2D eigenvalue weighted by Crippen LogP contribution is 2.25. The molecule has 1 aromatic heterocycles. The summed E-state index contributed by atoms with van der Waals surface area (Å²) in [6.07, 6.45) is 2.32. The van der Waals surface area contributed by atoms with Crippen molar-refractivity contribution in [3.05, 3.63) is 23.5 Å². The summed E-state index contributed by atoms with van der Waals surface area (Å²) in [6, 6.07) is 4.30. The van der Waals surface area contributed by atoms with Gasteiger partial charge >= 0.3 is 0 Å². The van der Waals surface area contributed by atoms with Gasteiger partial charge in [0.25, 0.3) is 0 Å². The van der Waals surface area contributed by atoms with Gasteiger partial charge in [0.2, 0.25) is 0 Å². The molecule has 2 heteroatoms. The molecule has 0 bridgehead atoms. The molecular weight excluding hydrogens is 172 g/mol. The lowest BCUT2D eigenvalue weighted by molar-refractivity contribution is 0.564. The van der Waals surface area contributed by atoms with Crippen molar-refractivity contribution in [2.45, 2.75) is 39.0 Å². The molecule has 2 rings (SSSR count). The van der Waals surface area contributed by atoms with Crippen LogP contribution in [0.25, 0.3) is 0 Å². The van der Waals surface area contributed by atoms with Crippen LogP contribution in [0.4, 0.5) is 5.69 Å². The summed E-state index contributed by atoms with van der Waals surface area (Å²) in [5.41, 5.74) is 3.82. The molecule has 0 unspecified atom stereocenters. The minimum Gasteiger partial charge on any atom is -0.384 e. The zero-order chi connectivity index (χ0) is 10.2. The third kappa shape index (κ3) is 1.74. The first-order valence-corrected chi connectivity index (χ1v) is 5.32. The molecule has 1 N–H and O–H groups in total. The Morgan fingerprint density at radius 2 is 2.07 bits per heavy atom. The van der Waals surface area contributed by atoms with Gasteiger partial charge in [0.15, 0.2) is 0 Å². The van der Waals surface area contributed by atoms with E-state index in [1.54, 1.807) is 0 Å². The van der Waals surface area contributed by atoms with Crippen LogP contribution in [0.3, 0.4) is 0 Å². The topological polar surface area (TPSA) is 24.9 Å². The summed E-state index contributed by atoms with van der Waals surface area (Å²) in [7, 11) is 0. The number of rotatable bonds is 0. The maximum atomic E-state index is 4.72. The Bertz CT molecular complexity index is 337. The van der Waals surface area contributed by atoms with Gasteiger partial charge in [0, 0.05) is 17.7 Å². The van der Waals surface area contributed by atoms with Crippen molar-refractivity contribution >= 4 is 5.69 Å². The van der Waals surface area contributed by atoms with Crippen molar-refractivity contribution in [3.8, 4) is 0 Å². The highest BCUT2D eigenvalue weighted by molar-refractivity contribution is 5.50. The zero-order valence-corrected chi connectivity index (χ0v) is 9.22. The van der Waals surface area contributed by atoms with E-state index in [0.29, 0.717) is 0 Å². The second-order valence-electron chi connectivity index (χ2n) is 4.97. The number of hydrogen-bond acceptors (Lipinski definition) is 2. The van der Waals surface area contributed by atoms with E-state index in [0.717, 1.165) is 13.0 Å². The van der Waals surface area contributed by atoms with Crippen LogP contribution < -0.4 is 5.32 Å². The largest absolute Gasteiger partial charge is 0.384 e. The molecule has 0 fully saturated rings. The summed E-state index contributed by atoms with van der Waals surface area (Å²) in [5.74, 6) is 0. The van der Waals surface area contributed by atoms with Gasteiger partial charge in [-0.05, 0) is 25.0 Å². The van der Waals surface area contributed by atoms with Crippen LogP contribution in [-0.2, 0) is 11.8 Å². The van der Waals surface area contributed by atoms with Crippen LogP contribution >= 0.6 is 0 Å². The monoisotopic (exact) mass is 190 g/mol. The minimum atomic E-state index is 0.159. The fourth-order valence-electron chi connectivity index (χ4n) is 1.75. The van der Waals surface area contributed by atoms with E-state index in [4.69, 9.17) is 4.98 Å². The van der Waals surface area contributed by atoms with Gasteiger partial charge in [-0.2, -0.15) is 0 Å². The van der Waals surface area contributed by atoms with E-state index in [2.05, 4.69) is 38.2 Å². The molecular formula is C12H18N2. The van der Waals surface area contributed by atoms with Gasteiger partial charge in [-0.3, -0.25) is 4.98 Å². The zero-order valence-electron chi connectivity index (χ0n) is 9.22. The first-order valence-electron chi connectivity index (χ1n) is 5.32. The van der Waals surface area contributed by atoms with Gasteiger partial charge in [0.1, 0.15) is 0 Å². The van der Waals surface area contributed by atoms with E-state index in [1.165, 1.54) is 23.5 Å². The van der Waals surface area contributed by atoms with Crippen molar-refractivity contribution in [2.24, 2.45) is 0 Å². The summed E-state index contributed by atoms with van der Waals surface area (Å²) in [6.45, 7) is 7.71. The highest BCUT2D eigenvalue weighted by atomic mass is 14.9. The SMILES string of the molecule is CC(C)(C)c1ccc2c(n1)CCCN2. The normalized spacial score (nSPS) is 15.9. The van der Waals surface area contributed by atoms with Crippen molar-refractivity contribution in [2.75, 3.05) is 11.9 Å². The molecule has 0 aromatic carbocycles.